The Bertz CT molecular complexity index is 774. The van der Waals surface area contributed by atoms with E-state index in [-0.39, 0.29) is 17.9 Å². The van der Waals surface area contributed by atoms with Crippen molar-refractivity contribution in [3.05, 3.63) is 36.5 Å². The molecule has 0 aliphatic heterocycles. The second-order valence-corrected chi connectivity index (χ2v) is 7.27. The van der Waals surface area contributed by atoms with Crippen molar-refractivity contribution in [2.75, 3.05) is 5.32 Å². The third-order valence-corrected chi connectivity index (χ3v) is 4.96. The lowest BCUT2D eigenvalue weighted by atomic mass is 9.88. The van der Waals surface area contributed by atoms with Gasteiger partial charge in [-0.1, -0.05) is 37.5 Å². The summed E-state index contributed by atoms with van der Waals surface area (Å²) in [6.45, 7) is 3.33. The number of fused-ring (bicyclic) bond motifs is 1. The molecule has 132 valence electrons. The molecular weight excluding hydrogens is 314 g/mol. The smallest absolute Gasteiger partial charge is 0.239 e. The molecule has 1 saturated carbocycles. The first kappa shape index (κ1) is 17.4. The molecule has 3 rings (SSSR count). The van der Waals surface area contributed by atoms with Crippen molar-refractivity contribution in [2.45, 2.75) is 52.0 Å². The van der Waals surface area contributed by atoms with E-state index in [9.17, 15) is 9.59 Å². The van der Waals surface area contributed by atoms with Crippen LogP contribution in [0.5, 0.6) is 0 Å². The van der Waals surface area contributed by atoms with Crippen LogP contribution in [0.15, 0.2) is 36.5 Å². The fourth-order valence-electron chi connectivity index (χ4n) is 3.20. The van der Waals surface area contributed by atoms with Crippen molar-refractivity contribution in [3.63, 3.8) is 0 Å². The highest BCUT2D eigenvalue weighted by molar-refractivity contribution is 6.12. The molecule has 25 heavy (non-hydrogen) atoms. The standard InChI is InChI=1S/C20H25N3O2/c1-20(2,18(24)22-15-10-4-3-5-11-15)19(25)23-16-12-6-8-14-9-7-13-21-17(14)16/h6-9,12-13,15H,3-5,10-11H2,1-2H3,(H,22,24)(H,23,25). The van der Waals surface area contributed by atoms with Crippen molar-refractivity contribution in [2.24, 2.45) is 5.41 Å². The maximum atomic E-state index is 12.8. The Kier molecular flexibility index (Phi) is 5.02. The van der Waals surface area contributed by atoms with E-state index in [2.05, 4.69) is 15.6 Å². The molecule has 0 radical (unpaired) electrons. The molecule has 1 fully saturated rings. The minimum Gasteiger partial charge on any atom is -0.352 e. The quantitative estimate of drug-likeness (QED) is 0.835. The molecule has 0 bridgehead atoms. The van der Waals surface area contributed by atoms with Gasteiger partial charge < -0.3 is 10.6 Å². The van der Waals surface area contributed by atoms with Gasteiger partial charge in [0.25, 0.3) is 0 Å². The maximum absolute atomic E-state index is 12.8. The molecule has 1 aromatic heterocycles. The Balaban J connectivity index is 1.73. The normalized spacial score (nSPS) is 15.8. The molecule has 5 heteroatoms. The fraction of sp³-hybridized carbons (Fsp3) is 0.450. The van der Waals surface area contributed by atoms with Crippen molar-refractivity contribution >= 4 is 28.4 Å². The first-order valence-corrected chi connectivity index (χ1v) is 8.94. The Morgan fingerprint density at radius 2 is 1.76 bits per heavy atom. The Hall–Kier alpha value is -2.43. The van der Waals surface area contributed by atoms with Gasteiger partial charge in [0.1, 0.15) is 5.41 Å². The van der Waals surface area contributed by atoms with Crippen LogP contribution in [0.1, 0.15) is 46.0 Å². The number of carbonyl (C=O) groups excluding carboxylic acids is 2. The number of hydrogen-bond donors (Lipinski definition) is 2. The first-order chi connectivity index (χ1) is 12.0. The third kappa shape index (κ3) is 3.81. The molecule has 1 aromatic carbocycles. The fourth-order valence-corrected chi connectivity index (χ4v) is 3.20. The van der Waals surface area contributed by atoms with Gasteiger partial charge in [0.05, 0.1) is 11.2 Å². The summed E-state index contributed by atoms with van der Waals surface area (Å²) in [5.41, 5.74) is 0.206. The van der Waals surface area contributed by atoms with Gasteiger partial charge in [0, 0.05) is 17.6 Å². The molecule has 0 atom stereocenters. The van der Waals surface area contributed by atoms with Gasteiger partial charge in [-0.05, 0) is 38.8 Å². The molecule has 1 aliphatic rings. The summed E-state index contributed by atoms with van der Waals surface area (Å²) in [6.07, 6.45) is 7.19. The van der Waals surface area contributed by atoms with Gasteiger partial charge in [-0.25, -0.2) is 0 Å². The monoisotopic (exact) mass is 339 g/mol. The lowest BCUT2D eigenvalue weighted by molar-refractivity contribution is -0.139. The van der Waals surface area contributed by atoms with Crippen LogP contribution >= 0.6 is 0 Å². The minimum absolute atomic E-state index is 0.188. The van der Waals surface area contributed by atoms with Crippen molar-refractivity contribution in [1.29, 1.82) is 0 Å². The summed E-state index contributed by atoms with van der Waals surface area (Å²) in [4.78, 5) is 29.7. The van der Waals surface area contributed by atoms with Gasteiger partial charge in [0.2, 0.25) is 11.8 Å². The van der Waals surface area contributed by atoms with Gasteiger partial charge >= 0.3 is 0 Å². The summed E-state index contributed by atoms with van der Waals surface area (Å²) in [7, 11) is 0. The van der Waals surface area contributed by atoms with E-state index in [1.807, 2.05) is 30.3 Å². The highest BCUT2D eigenvalue weighted by Crippen LogP contribution is 2.25. The third-order valence-electron chi connectivity index (χ3n) is 4.96. The van der Waals surface area contributed by atoms with Crippen molar-refractivity contribution < 1.29 is 9.59 Å². The van der Waals surface area contributed by atoms with Crippen molar-refractivity contribution in [3.8, 4) is 0 Å². The molecule has 0 unspecified atom stereocenters. The van der Waals surface area contributed by atoms with E-state index < -0.39 is 5.41 Å². The van der Waals surface area contributed by atoms with E-state index in [4.69, 9.17) is 0 Å². The predicted octanol–water partition coefficient (Wildman–Crippen LogP) is 3.65. The van der Waals surface area contributed by atoms with Crippen LogP contribution in [-0.4, -0.2) is 22.8 Å². The zero-order valence-corrected chi connectivity index (χ0v) is 14.8. The Labute approximate surface area is 148 Å². The topological polar surface area (TPSA) is 71.1 Å². The van der Waals surface area contributed by atoms with E-state index >= 15 is 0 Å². The van der Waals surface area contributed by atoms with Crippen LogP contribution in [0.2, 0.25) is 0 Å². The summed E-state index contributed by atoms with van der Waals surface area (Å²) in [5.74, 6) is -0.538. The lowest BCUT2D eigenvalue weighted by Gasteiger charge is -2.28. The average molecular weight is 339 g/mol. The molecule has 5 nitrogen and oxygen atoms in total. The van der Waals surface area contributed by atoms with Crippen LogP contribution in [0.4, 0.5) is 5.69 Å². The largest absolute Gasteiger partial charge is 0.352 e. The number of nitrogens with one attached hydrogen (secondary N) is 2. The van der Waals surface area contributed by atoms with Crippen LogP contribution < -0.4 is 10.6 Å². The second-order valence-electron chi connectivity index (χ2n) is 7.27. The van der Waals surface area contributed by atoms with Crippen LogP contribution in [0, 0.1) is 5.41 Å². The van der Waals surface area contributed by atoms with Crippen LogP contribution in [-0.2, 0) is 9.59 Å². The number of hydrogen-bond acceptors (Lipinski definition) is 3. The van der Waals surface area contributed by atoms with E-state index in [1.54, 1.807) is 20.0 Å². The second kappa shape index (κ2) is 7.21. The number of benzene rings is 1. The molecular formula is C20H25N3O2. The molecule has 0 spiro atoms. The highest BCUT2D eigenvalue weighted by atomic mass is 16.2. The van der Waals surface area contributed by atoms with E-state index in [0.717, 1.165) is 36.6 Å². The van der Waals surface area contributed by atoms with E-state index in [1.165, 1.54) is 6.42 Å². The number of anilines is 1. The zero-order chi connectivity index (χ0) is 17.9. The number of carbonyl (C=O) groups is 2. The van der Waals surface area contributed by atoms with Gasteiger partial charge in [-0.15, -0.1) is 0 Å². The Morgan fingerprint density at radius 3 is 2.52 bits per heavy atom. The number of rotatable bonds is 4. The molecule has 1 aliphatic carbocycles. The van der Waals surface area contributed by atoms with Gasteiger partial charge in [-0.3, -0.25) is 14.6 Å². The molecule has 0 saturated heterocycles. The number of nitrogens with zero attached hydrogens (tertiary/aromatic N) is 1. The summed E-state index contributed by atoms with van der Waals surface area (Å²) in [6, 6.07) is 9.61. The van der Waals surface area contributed by atoms with Gasteiger partial charge in [-0.2, -0.15) is 0 Å². The number of aromatic nitrogens is 1. The summed E-state index contributed by atoms with van der Waals surface area (Å²) < 4.78 is 0. The minimum atomic E-state index is -1.14. The molecule has 2 aromatic rings. The van der Waals surface area contributed by atoms with Crippen LogP contribution in [0.3, 0.4) is 0 Å². The average Bonchev–Trinajstić information content (AvgIpc) is 2.62. The SMILES string of the molecule is CC(C)(C(=O)Nc1cccc2cccnc12)C(=O)NC1CCCCC1. The Morgan fingerprint density at radius 1 is 1.04 bits per heavy atom. The number of para-hydroxylation sites is 1. The highest BCUT2D eigenvalue weighted by Gasteiger charge is 2.37. The molecule has 2 amide bonds. The summed E-state index contributed by atoms with van der Waals surface area (Å²) in [5, 5.41) is 6.88. The predicted molar refractivity (Wildman–Crippen MR) is 99.2 cm³/mol. The van der Waals surface area contributed by atoms with E-state index in [0.29, 0.717) is 5.69 Å². The molecule has 2 N–H and O–H groups in total. The first-order valence-electron chi connectivity index (χ1n) is 8.94. The van der Waals surface area contributed by atoms with Gasteiger partial charge in [0.15, 0.2) is 0 Å². The maximum Gasteiger partial charge on any atom is 0.239 e. The van der Waals surface area contributed by atoms with Crippen molar-refractivity contribution in [1.82, 2.24) is 10.3 Å². The lowest BCUT2D eigenvalue weighted by Crippen LogP contribution is -2.49. The molecule has 1 heterocycles. The number of amides is 2. The van der Waals surface area contributed by atoms with Crippen LogP contribution in [0.25, 0.3) is 10.9 Å². The summed E-state index contributed by atoms with van der Waals surface area (Å²) >= 11 is 0. The number of pyridine rings is 1. The zero-order valence-electron chi connectivity index (χ0n) is 14.8.